The Morgan fingerprint density at radius 3 is 2.43 bits per heavy atom. The van der Waals surface area contributed by atoms with Crippen LogP contribution in [0.15, 0.2) is 0 Å². The number of aliphatic hydroxyl groups is 1. The van der Waals surface area contributed by atoms with Gasteiger partial charge < -0.3 is 15.3 Å². The van der Waals surface area contributed by atoms with Crippen molar-refractivity contribution in [3.63, 3.8) is 0 Å². The molecule has 0 radical (unpaired) electrons. The first-order chi connectivity index (χ1) is 9.86. The summed E-state index contributed by atoms with van der Waals surface area (Å²) in [7, 11) is 0. The highest BCUT2D eigenvalue weighted by Gasteiger charge is 2.33. The van der Waals surface area contributed by atoms with Crippen LogP contribution >= 0.6 is 0 Å². The van der Waals surface area contributed by atoms with Gasteiger partial charge in [0, 0.05) is 25.7 Å². The van der Waals surface area contributed by atoms with Gasteiger partial charge in [0.15, 0.2) is 0 Å². The fourth-order valence-corrected chi connectivity index (χ4v) is 4.21. The van der Waals surface area contributed by atoms with Gasteiger partial charge in [-0.2, -0.15) is 0 Å². The van der Waals surface area contributed by atoms with E-state index in [1.165, 1.54) is 6.42 Å². The van der Waals surface area contributed by atoms with Gasteiger partial charge in [-0.15, -0.1) is 0 Å². The summed E-state index contributed by atoms with van der Waals surface area (Å²) in [5.74, 6) is 1.50. The number of carbonyl (C=O) groups excluding carboxylic acids is 1. The van der Waals surface area contributed by atoms with Crippen LogP contribution in [-0.2, 0) is 4.79 Å². The third-order valence-electron chi connectivity index (χ3n) is 4.91. The van der Waals surface area contributed by atoms with Crippen molar-refractivity contribution in [1.82, 2.24) is 10.2 Å². The predicted octanol–water partition coefficient (Wildman–Crippen LogP) is 2.16. The molecule has 122 valence electrons. The van der Waals surface area contributed by atoms with Gasteiger partial charge in [0.05, 0.1) is 12.0 Å². The van der Waals surface area contributed by atoms with Crippen LogP contribution in [0.25, 0.3) is 0 Å². The first-order valence-corrected chi connectivity index (χ1v) is 8.60. The molecule has 0 aromatic rings. The minimum absolute atomic E-state index is 0.00464. The van der Waals surface area contributed by atoms with E-state index in [1.807, 2.05) is 0 Å². The average Bonchev–Trinajstić information content (AvgIpc) is 2.73. The summed E-state index contributed by atoms with van der Waals surface area (Å²) in [6, 6.07) is 0.153. The number of amides is 1. The quantitative estimate of drug-likeness (QED) is 0.817. The summed E-state index contributed by atoms with van der Waals surface area (Å²) in [6.45, 7) is 9.87. The molecular formula is C17H32N2O2. The molecule has 4 nitrogen and oxygen atoms in total. The molecule has 0 aromatic carbocycles. The first kappa shape index (κ1) is 16.8. The Morgan fingerprint density at radius 2 is 1.86 bits per heavy atom. The van der Waals surface area contributed by atoms with Gasteiger partial charge in [0.1, 0.15) is 0 Å². The lowest BCUT2D eigenvalue weighted by Gasteiger charge is -2.36. The molecule has 2 N–H and O–H groups in total. The fraction of sp³-hybridized carbons (Fsp3) is 0.941. The van der Waals surface area contributed by atoms with Crippen LogP contribution in [0.4, 0.5) is 0 Å². The van der Waals surface area contributed by atoms with E-state index in [1.54, 1.807) is 0 Å². The molecule has 1 heterocycles. The normalized spacial score (nSPS) is 31.0. The second-order valence-electron chi connectivity index (χ2n) is 7.74. The molecule has 2 aliphatic rings. The van der Waals surface area contributed by atoms with Crippen molar-refractivity contribution >= 4 is 5.91 Å². The minimum atomic E-state index is -0.738. The zero-order valence-corrected chi connectivity index (χ0v) is 13.9. The maximum absolute atomic E-state index is 12.1. The van der Waals surface area contributed by atoms with Crippen LogP contribution in [0.3, 0.4) is 0 Å². The van der Waals surface area contributed by atoms with E-state index in [2.05, 4.69) is 31.0 Å². The van der Waals surface area contributed by atoms with Gasteiger partial charge in [0.2, 0.25) is 5.91 Å². The maximum Gasteiger partial charge on any atom is 0.223 e. The average molecular weight is 296 g/mol. The van der Waals surface area contributed by atoms with Crippen molar-refractivity contribution in [2.24, 2.45) is 11.8 Å². The number of carbonyl (C=O) groups is 1. The van der Waals surface area contributed by atoms with E-state index in [0.29, 0.717) is 0 Å². The Kier molecular flexibility index (Phi) is 5.67. The van der Waals surface area contributed by atoms with E-state index in [9.17, 15) is 9.90 Å². The summed E-state index contributed by atoms with van der Waals surface area (Å²) < 4.78 is 0. The van der Waals surface area contributed by atoms with Gasteiger partial charge in [-0.05, 0) is 38.0 Å². The molecule has 2 rings (SSSR count). The Bertz CT molecular complexity index is 343. The van der Waals surface area contributed by atoms with E-state index in [-0.39, 0.29) is 18.4 Å². The maximum atomic E-state index is 12.1. The van der Waals surface area contributed by atoms with Gasteiger partial charge >= 0.3 is 0 Å². The molecule has 0 bridgehead atoms. The van der Waals surface area contributed by atoms with Gasteiger partial charge in [-0.25, -0.2) is 0 Å². The van der Waals surface area contributed by atoms with Crippen LogP contribution in [0.5, 0.6) is 0 Å². The summed E-state index contributed by atoms with van der Waals surface area (Å²) in [6.07, 6.45) is 5.21. The van der Waals surface area contributed by atoms with Crippen molar-refractivity contribution in [3.05, 3.63) is 0 Å². The zero-order valence-electron chi connectivity index (χ0n) is 13.9. The monoisotopic (exact) mass is 296 g/mol. The predicted molar refractivity (Wildman–Crippen MR) is 85.0 cm³/mol. The lowest BCUT2D eigenvalue weighted by molar-refractivity contribution is -0.126. The van der Waals surface area contributed by atoms with Crippen molar-refractivity contribution in [2.45, 2.75) is 70.9 Å². The SMILES string of the molecule is CC1CC(C)CN(CC(C)NC(=O)CC2(O)CCCC2)C1. The number of piperidine rings is 1. The molecule has 1 aliphatic carbocycles. The molecule has 1 saturated carbocycles. The van der Waals surface area contributed by atoms with E-state index >= 15 is 0 Å². The molecule has 3 atom stereocenters. The minimum Gasteiger partial charge on any atom is -0.389 e. The highest BCUT2D eigenvalue weighted by Crippen LogP contribution is 2.32. The summed E-state index contributed by atoms with van der Waals surface area (Å²) >= 11 is 0. The van der Waals surface area contributed by atoms with Crippen LogP contribution in [0.2, 0.25) is 0 Å². The molecule has 3 unspecified atom stereocenters. The van der Waals surface area contributed by atoms with Crippen LogP contribution in [0.1, 0.15) is 59.3 Å². The zero-order chi connectivity index (χ0) is 15.5. The Balaban J connectivity index is 1.73. The molecule has 0 aromatic heterocycles. The van der Waals surface area contributed by atoms with Crippen molar-refractivity contribution in [3.8, 4) is 0 Å². The number of nitrogens with one attached hydrogen (secondary N) is 1. The van der Waals surface area contributed by atoms with E-state index in [0.717, 1.165) is 57.2 Å². The lowest BCUT2D eigenvalue weighted by Crippen LogP contribution is -2.48. The van der Waals surface area contributed by atoms with Crippen molar-refractivity contribution in [1.29, 1.82) is 0 Å². The Labute approximate surface area is 129 Å². The Morgan fingerprint density at radius 1 is 1.29 bits per heavy atom. The summed E-state index contributed by atoms with van der Waals surface area (Å²) in [5, 5.41) is 13.4. The molecule has 1 aliphatic heterocycles. The molecule has 1 saturated heterocycles. The first-order valence-electron chi connectivity index (χ1n) is 8.60. The summed E-state index contributed by atoms with van der Waals surface area (Å²) in [4.78, 5) is 14.6. The molecule has 21 heavy (non-hydrogen) atoms. The smallest absolute Gasteiger partial charge is 0.223 e. The Hall–Kier alpha value is -0.610. The van der Waals surface area contributed by atoms with Crippen molar-refractivity contribution < 1.29 is 9.90 Å². The number of hydrogen-bond acceptors (Lipinski definition) is 3. The lowest BCUT2D eigenvalue weighted by atomic mass is 9.91. The van der Waals surface area contributed by atoms with E-state index < -0.39 is 5.60 Å². The molecular weight excluding hydrogens is 264 g/mol. The number of nitrogens with zero attached hydrogens (tertiary/aromatic N) is 1. The molecule has 2 fully saturated rings. The standard InChI is InChI=1S/C17H32N2O2/c1-13-8-14(2)11-19(10-13)12-15(3)18-16(20)9-17(21)6-4-5-7-17/h13-15,21H,4-12H2,1-3H3,(H,18,20). The largest absolute Gasteiger partial charge is 0.389 e. The highest BCUT2D eigenvalue weighted by atomic mass is 16.3. The topological polar surface area (TPSA) is 52.6 Å². The van der Waals surface area contributed by atoms with Crippen LogP contribution in [-0.4, -0.2) is 47.2 Å². The molecule has 4 heteroatoms. The number of likely N-dealkylation sites (tertiary alicyclic amines) is 1. The van der Waals surface area contributed by atoms with Gasteiger partial charge in [-0.1, -0.05) is 26.7 Å². The second-order valence-corrected chi connectivity index (χ2v) is 7.74. The molecule has 1 amide bonds. The van der Waals surface area contributed by atoms with Gasteiger partial charge in [0.25, 0.3) is 0 Å². The summed E-state index contributed by atoms with van der Waals surface area (Å²) in [5.41, 5.74) is -0.738. The molecule has 0 spiro atoms. The van der Waals surface area contributed by atoms with E-state index in [4.69, 9.17) is 0 Å². The van der Waals surface area contributed by atoms with Crippen molar-refractivity contribution in [2.75, 3.05) is 19.6 Å². The third-order valence-corrected chi connectivity index (χ3v) is 4.91. The van der Waals surface area contributed by atoms with Crippen LogP contribution in [0, 0.1) is 11.8 Å². The highest BCUT2D eigenvalue weighted by molar-refractivity contribution is 5.77. The van der Waals surface area contributed by atoms with Crippen LogP contribution < -0.4 is 5.32 Å². The third kappa shape index (κ3) is 5.26. The van der Waals surface area contributed by atoms with Gasteiger partial charge in [-0.3, -0.25) is 4.79 Å². The number of hydrogen-bond donors (Lipinski definition) is 2. The fourth-order valence-electron chi connectivity index (χ4n) is 4.21. The number of rotatable bonds is 5. The second kappa shape index (κ2) is 7.10.